The van der Waals surface area contributed by atoms with E-state index in [9.17, 15) is 0 Å². The Morgan fingerprint density at radius 1 is 0.385 bits per heavy atom. The second kappa shape index (κ2) is 19.6. The Morgan fingerprint density at radius 2 is 0.788 bits per heavy atom. The summed E-state index contributed by atoms with van der Waals surface area (Å²) in [6, 6.07) is 0. The normalized spacial score (nSPS) is 28.9. The lowest BCUT2D eigenvalue weighted by Crippen LogP contribution is -2.26. The summed E-state index contributed by atoms with van der Waals surface area (Å²) in [7, 11) is 0. The topological polar surface area (TPSA) is 0 Å². The Bertz CT molecular complexity index is 1080. The van der Waals surface area contributed by atoms with Gasteiger partial charge in [-0.15, -0.1) is 0 Å². The summed E-state index contributed by atoms with van der Waals surface area (Å²) < 4.78 is 0. The third kappa shape index (κ3) is 12.2. The lowest BCUT2D eigenvalue weighted by molar-refractivity contribution is 0.132. The van der Waals surface area contributed by atoms with Gasteiger partial charge in [0.1, 0.15) is 0 Å². The van der Waals surface area contributed by atoms with E-state index in [0.29, 0.717) is 0 Å². The standard InChI is InChI=1S/C14H24.C13H24.C13H22.C12H22/c1-12(2)13-6-10-14(11-7-13)8-4-3-5-9-14;2*1-11(2)12-5-9-13(10-6-12)7-3-4-8-13;1-10(2)11-5-3-4-6-12(9-11)7-8-12/h6,12H,3-5,7-11H2,1-2H3;11-12H,3-10H2,1-2H3;5,11H,3-4,6-10H2,1-2H3;10-11H,3-9H2,1-2H3. The minimum absolute atomic E-state index is 0.747. The summed E-state index contributed by atoms with van der Waals surface area (Å²) in [5.41, 5.74) is 6.66. The van der Waals surface area contributed by atoms with Gasteiger partial charge >= 0.3 is 0 Å². The van der Waals surface area contributed by atoms with Crippen LogP contribution < -0.4 is 0 Å². The van der Waals surface area contributed by atoms with E-state index in [0.717, 1.165) is 57.2 Å². The lowest BCUT2D eigenvalue weighted by atomic mass is 9.65. The van der Waals surface area contributed by atoms with Crippen molar-refractivity contribution in [2.75, 3.05) is 0 Å². The van der Waals surface area contributed by atoms with Gasteiger partial charge in [-0.25, -0.2) is 0 Å². The molecule has 52 heavy (non-hydrogen) atoms. The molecule has 0 aromatic heterocycles. The molecular weight excluding hydrogens is 625 g/mol. The maximum Gasteiger partial charge on any atom is -0.0260 e. The number of hydrogen-bond acceptors (Lipinski definition) is 0. The molecule has 6 fully saturated rings. The molecule has 8 rings (SSSR count). The highest BCUT2D eigenvalue weighted by atomic mass is 14.5. The molecule has 0 N–H and O–H groups in total. The smallest absolute Gasteiger partial charge is 0.0260 e. The third-order valence-electron chi connectivity index (χ3n) is 17.4. The van der Waals surface area contributed by atoms with Gasteiger partial charge < -0.3 is 0 Å². The summed E-state index contributed by atoms with van der Waals surface area (Å²) in [6.07, 6.45) is 50.2. The van der Waals surface area contributed by atoms with Gasteiger partial charge in [0.2, 0.25) is 0 Å². The average molecular weight is 717 g/mol. The first-order chi connectivity index (χ1) is 24.9. The first-order valence-corrected chi connectivity index (χ1v) is 24.3. The molecule has 0 saturated heterocycles. The van der Waals surface area contributed by atoms with Crippen LogP contribution in [0.5, 0.6) is 0 Å². The van der Waals surface area contributed by atoms with E-state index in [-0.39, 0.29) is 0 Å². The molecule has 6 saturated carbocycles. The molecule has 8 aliphatic rings. The van der Waals surface area contributed by atoms with Crippen molar-refractivity contribution in [3.05, 3.63) is 23.3 Å². The maximum absolute atomic E-state index is 2.57. The fraction of sp³-hybridized carbons (Fsp3) is 0.923. The summed E-state index contributed by atoms with van der Waals surface area (Å²) in [4.78, 5) is 0. The summed E-state index contributed by atoms with van der Waals surface area (Å²) in [5, 5.41) is 0. The molecule has 0 radical (unpaired) electrons. The highest BCUT2D eigenvalue weighted by Crippen LogP contribution is 2.57. The van der Waals surface area contributed by atoms with Crippen LogP contribution in [0, 0.1) is 57.2 Å². The van der Waals surface area contributed by atoms with Crippen LogP contribution in [0.15, 0.2) is 23.3 Å². The Morgan fingerprint density at radius 3 is 1.17 bits per heavy atom. The second-order valence-corrected chi connectivity index (χ2v) is 22.3. The molecule has 0 bridgehead atoms. The van der Waals surface area contributed by atoms with Crippen molar-refractivity contribution in [1.82, 2.24) is 0 Å². The molecule has 0 aromatic carbocycles. The van der Waals surface area contributed by atoms with Crippen molar-refractivity contribution < 1.29 is 0 Å². The van der Waals surface area contributed by atoms with Crippen LogP contribution in [-0.2, 0) is 0 Å². The van der Waals surface area contributed by atoms with Crippen LogP contribution in [0.25, 0.3) is 0 Å². The van der Waals surface area contributed by atoms with Gasteiger partial charge in [0.05, 0.1) is 0 Å². The molecule has 1 atom stereocenters. The predicted molar refractivity (Wildman–Crippen MR) is 231 cm³/mol. The second-order valence-electron chi connectivity index (χ2n) is 22.3. The van der Waals surface area contributed by atoms with E-state index in [4.69, 9.17) is 0 Å². The Labute approximate surface area is 327 Å². The van der Waals surface area contributed by atoms with Crippen LogP contribution in [-0.4, -0.2) is 0 Å². The van der Waals surface area contributed by atoms with Crippen molar-refractivity contribution in [3.63, 3.8) is 0 Å². The van der Waals surface area contributed by atoms with Crippen molar-refractivity contribution in [3.8, 4) is 0 Å². The number of allylic oxidation sites excluding steroid dienone is 4. The monoisotopic (exact) mass is 717 g/mol. The summed E-state index contributed by atoms with van der Waals surface area (Å²) in [6.45, 7) is 19.0. The van der Waals surface area contributed by atoms with Crippen molar-refractivity contribution >= 4 is 0 Å². The zero-order valence-corrected chi connectivity index (χ0v) is 36.8. The average Bonchev–Trinajstić information content (AvgIpc) is 3.62. The van der Waals surface area contributed by atoms with E-state index in [1.807, 2.05) is 0 Å². The molecule has 4 spiro atoms. The fourth-order valence-electron chi connectivity index (χ4n) is 12.7. The predicted octanol–water partition coefficient (Wildman–Crippen LogP) is 17.4. The van der Waals surface area contributed by atoms with Crippen molar-refractivity contribution in [2.24, 2.45) is 57.2 Å². The molecule has 8 aliphatic carbocycles. The molecule has 0 heterocycles. The third-order valence-corrected chi connectivity index (χ3v) is 17.4. The van der Waals surface area contributed by atoms with Gasteiger partial charge in [-0.3, -0.25) is 0 Å². The van der Waals surface area contributed by atoms with Gasteiger partial charge in [-0.1, -0.05) is 143 Å². The minimum Gasteiger partial charge on any atom is -0.0845 e. The number of rotatable bonds is 4. The van der Waals surface area contributed by atoms with Gasteiger partial charge in [0.25, 0.3) is 0 Å². The van der Waals surface area contributed by atoms with Crippen molar-refractivity contribution in [2.45, 2.75) is 248 Å². The minimum atomic E-state index is 0.747. The quantitative estimate of drug-likeness (QED) is 0.254. The van der Waals surface area contributed by atoms with E-state index in [1.165, 1.54) is 141 Å². The van der Waals surface area contributed by atoms with E-state index in [2.05, 4.69) is 67.5 Å². The molecule has 0 aliphatic heterocycles. The van der Waals surface area contributed by atoms with Crippen molar-refractivity contribution in [1.29, 1.82) is 0 Å². The highest BCUT2D eigenvalue weighted by Gasteiger charge is 2.45. The Kier molecular flexibility index (Phi) is 16.0. The van der Waals surface area contributed by atoms with E-state index in [1.54, 1.807) is 62.5 Å². The van der Waals surface area contributed by atoms with Gasteiger partial charge in [-0.2, -0.15) is 0 Å². The SMILES string of the molecule is CC(C)C1=CCC2(CCCC2)CC1.CC(C)C1=CCC2(CCCCC2)CC1.CC(C)C1CCC2(CCCC2)CC1.CC(C)C1CCCCC2(CC2)C1. The molecule has 0 nitrogen and oxygen atoms in total. The van der Waals surface area contributed by atoms with Gasteiger partial charge in [-0.05, 0) is 186 Å². The zero-order valence-electron chi connectivity index (χ0n) is 36.8. The first kappa shape index (κ1) is 42.6. The molecule has 0 heteroatoms. The Balaban J connectivity index is 0.000000134. The first-order valence-electron chi connectivity index (χ1n) is 24.3. The Hall–Kier alpha value is -0.520. The molecular formula is C52H92. The fourth-order valence-corrected chi connectivity index (χ4v) is 12.7. The van der Waals surface area contributed by atoms with E-state index >= 15 is 0 Å². The molecule has 1 unspecified atom stereocenters. The lowest BCUT2D eigenvalue weighted by Gasteiger charge is -2.40. The highest BCUT2D eigenvalue weighted by molar-refractivity contribution is 5.13. The zero-order chi connectivity index (χ0) is 37.2. The van der Waals surface area contributed by atoms with Gasteiger partial charge in [0.15, 0.2) is 0 Å². The van der Waals surface area contributed by atoms with Crippen LogP contribution >= 0.6 is 0 Å². The van der Waals surface area contributed by atoms with Crippen LogP contribution in [0.4, 0.5) is 0 Å². The summed E-state index contributed by atoms with van der Waals surface area (Å²) >= 11 is 0. The number of hydrogen-bond donors (Lipinski definition) is 0. The van der Waals surface area contributed by atoms with Crippen LogP contribution in [0.2, 0.25) is 0 Å². The molecule has 0 aromatic rings. The van der Waals surface area contributed by atoms with E-state index < -0.39 is 0 Å². The maximum atomic E-state index is 2.57. The molecule has 0 amide bonds. The summed E-state index contributed by atoms with van der Waals surface area (Å²) in [5.74, 6) is 5.54. The largest absolute Gasteiger partial charge is 0.0845 e. The van der Waals surface area contributed by atoms with Gasteiger partial charge in [0, 0.05) is 0 Å². The molecule has 300 valence electrons. The van der Waals surface area contributed by atoms with Crippen LogP contribution in [0.3, 0.4) is 0 Å². The van der Waals surface area contributed by atoms with Crippen LogP contribution in [0.1, 0.15) is 248 Å².